The van der Waals surface area contributed by atoms with Crippen molar-refractivity contribution in [3.63, 3.8) is 0 Å². The number of hydrazone groups is 1. The smallest absolute Gasteiger partial charge is 0.0970 e. The van der Waals surface area contributed by atoms with Crippen LogP contribution in [0.5, 0.6) is 0 Å². The summed E-state index contributed by atoms with van der Waals surface area (Å²) in [5, 5.41) is 6.24. The molecular formula is C10H10N2S2. The summed E-state index contributed by atoms with van der Waals surface area (Å²) in [6, 6.07) is 8.19. The van der Waals surface area contributed by atoms with Crippen molar-refractivity contribution >= 4 is 40.4 Å². The molecule has 0 saturated heterocycles. The van der Waals surface area contributed by atoms with Crippen LogP contribution in [0.15, 0.2) is 35.4 Å². The Morgan fingerprint density at radius 3 is 3.07 bits per heavy atom. The van der Waals surface area contributed by atoms with E-state index in [0.29, 0.717) is 0 Å². The lowest BCUT2D eigenvalue weighted by atomic mass is 10.1. The molecular weight excluding hydrogens is 212 g/mol. The Balaban J connectivity index is 2.39. The average molecular weight is 222 g/mol. The minimum absolute atomic E-state index is 0.748. The normalized spacial score (nSPS) is 13.9. The molecule has 4 heteroatoms. The fourth-order valence-electron chi connectivity index (χ4n) is 1.35. The van der Waals surface area contributed by atoms with Crippen molar-refractivity contribution in [1.29, 1.82) is 0 Å². The van der Waals surface area contributed by atoms with Crippen molar-refractivity contribution in [2.45, 2.75) is 0 Å². The van der Waals surface area contributed by atoms with Gasteiger partial charge in [0, 0.05) is 6.21 Å². The molecule has 0 amide bonds. The second-order valence-electron chi connectivity index (χ2n) is 2.84. The molecule has 0 saturated carbocycles. The summed E-state index contributed by atoms with van der Waals surface area (Å²) in [5.74, 6) is 0.748. The summed E-state index contributed by atoms with van der Waals surface area (Å²) in [4.78, 5) is 0. The number of hydrogen-bond acceptors (Lipinski definition) is 4. The van der Waals surface area contributed by atoms with Crippen LogP contribution >= 0.6 is 22.5 Å². The zero-order valence-electron chi connectivity index (χ0n) is 7.50. The van der Waals surface area contributed by atoms with Crippen LogP contribution in [-0.4, -0.2) is 12.1 Å². The number of fused-ring (bicyclic) bond motifs is 1. The van der Waals surface area contributed by atoms with Gasteiger partial charge in [0.05, 0.1) is 11.6 Å². The fraction of sp³-hybridized carbons (Fsp3) is 0.100. The molecule has 2 rings (SSSR count). The molecule has 14 heavy (non-hydrogen) atoms. The Labute approximate surface area is 92.5 Å². The highest BCUT2D eigenvalue weighted by Gasteiger charge is 2.08. The molecule has 0 radical (unpaired) electrons. The van der Waals surface area contributed by atoms with Gasteiger partial charge in [-0.15, -0.1) is 11.7 Å². The van der Waals surface area contributed by atoms with Crippen LogP contribution in [0.1, 0.15) is 5.56 Å². The van der Waals surface area contributed by atoms with E-state index >= 15 is 0 Å². The monoisotopic (exact) mass is 222 g/mol. The van der Waals surface area contributed by atoms with Crippen molar-refractivity contribution in [3.05, 3.63) is 35.9 Å². The molecule has 0 unspecified atom stereocenters. The summed E-state index contributed by atoms with van der Waals surface area (Å²) in [5.41, 5.74) is 2.31. The number of rotatable bonds is 2. The molecule has 1 aliphatic rings. The maximum absolute atomic E-state index is 4.31. The minimum atomic E-state index is 0.748. The van der Waals surface area contributed by atoms with Gasteiger partial charge in [0.15, 0.2) is 0 Å². The molecule has 1 aromatic carbocycles. The van der Waals surface area contributed by atoms with Gasteiger partial charge in [0.2, 0.25) is 0 Å². The van der Waals surface area contributed by atoms with Gasteiger partial charge in [-0.05, 0) is 17.7 Å². The van der Waals surface area contributed by atoms with Gasteiger partial charge in [-0.1, -0.05) is 35.1 Å². The molecule has 0 aromatic heterocycles. The summed E-state index contributed by atoms with van der Waals surface area (Å²) in [6.45, 7) is 0. The highest BCUT2D eigenvalue weighted by molar-refractivity contribution is 8.68. The zero-order chi connectivity index (χ0) is 9.80. The Morgan fingerprint density at radius 1 is 1.36 bits per heavy atom. The first-order valence-electron chi connectivity index (χ1n) is 4.25. The van der Waals surface area contributed by atoms with Crippen LogP contribution in [0, 0.1) is 0 Å². The van der Waals surface area contributed by atoms with Crippen LogP contribution in [0.25, 0.3) is 6.08 Å². The summed E-state index contributed by atoms with van der Waals surface area (Å²) in [7, 11) is 1.46. The second-order valence-corrected chi connectivity index (χ2v) is 4.13. The first kappa shape index (κ1) is 9.68. The molecule has 72 valence electrons. The summed E-state index contributed by atoms with van der Waals surface area (Å²) < 4.78 is 0. The molecule has 1 aliphatic heterocycles. The minimum Gasteiger partial charge on any atom is -0.254 e. The van der Waals surface area contributed by atoms with E-state index in [1.54, 1.807) is 6.21 Å². The Kier molecular flexibility index (Phi) is 3.16. The molecule has 0 fully saturated rings. The van der Waals surface area contributed by atoms with E-state index in [9.17, 15) is 0 Å². The fourth-order valence-corrected chi connectivity index (χ4v) is 1.99. The van der Waals surface area contributed by atoms with E-state index in [0.717, 1.165) is 11.6 Å². The number of hydrogen-bond donors (Lipinski definition) is 1. The van der Waals surface area contributed by atoms with Gasteiger partial charge < -0.3 is 0 Å². The number of allylic oxidation sites excluding steroid dienone is 1. The number of para-hydroxylation sites is 1. The number of thiol groups is 1. The van der Waals surface area contributed by atoms with E-state index in [1.807, 2.05) is 23.2 Å². The standard InChI is InChI=1S/C10H10N2S2/c13-14-8-12-10-6-2-1-4-9(10)5-3-7-11-12/h1-7,13H,8H2. The Hall–Kier alpha value is -0.870. The van der Waals surface area contributed by atoms with Crippen molar-refractivity contribution < 1.29 is 0 Å². The van der Waals surface area contributed by atoms with Crippen LogP contribution in [0.4, 0.5) is 5.69 Å². The third-order valence-electron chi connectivity index (χ3n) is 1.96. The predicted octanol–water partition coefficient (Wildman–Crippen LogP) is 3.04. The van der Waals surface area contributed by atoms with Gasteiger partial charge in [-0.2, -0.15) is 5.10 Å². The molecule has 1 heterocycles. The van der Waals surface area contributed by atoms with Gasteiger partial charge >= 0.3 is 0 Å². The molecule has 0 spiro atoms. The molecule has 0 aliphatic carbocycles. The van der Waals surface area contributed by atoms with Crippen molar-refractivity contribution in [3.8, 4) is 0 Å². The SMILES string of the molecule is SSCN1N=CC=Cc2ccccc21. The first-order valence-corrected chi connectivity index (χ1v) is 6.29. The Morgan fingerprint density at radius 2 is 2.21 bits per heavy atom. The summed E-state index contributed by atoms with van der Waals surface area (Å²) >= 11 is 4.14. The molecule has 1 aromatic rings. The van der Waals surface area contributed by atoms with Crippen LogP contribution in [0.2, 0.25) is 0 Å². The number of benzene rings is 1. The van der Waals surface area contributed by atoms with Gasteiger partial charge in [0.1, 0.15) is 0 Å². The zero-order valence-corrected chi connectivity index (χ0v) is 9.21. The second kappa shape index (κ2) is 4.57. The number of nitrogens with zero attached hydrogens (tertiary/aromatic N) is 2. The lowest BCUT2D eigenvalue weighted by Crippen LogP contribution is -2.14. The molecule has 0 atom stereocenters. The highest BCUT2D eigenvalue weighted by Crippen LogP contribution is 2.25. The topological polar surface area (TPSA) is 15.6 Å². The van der Waals surface area contributed by atoms with E-state index in [4.69, 9.17) is 0 Å². The maximum atomic E-state index is 4.31. The molecule has 0 N–H and O–H groups in total. The third kappa shape index (κ3) is 1.96. The lowest BCUT2D eigenvalue weighted by Gasteiger charge is -2.18. The predicted molar refractivity (Wildman–Crippen MR) is 67.9 cm³/mol. The van der Waals surface area contributed by atoms with Crippen LogP contribution in [-0.2, 0) is 0 Å². The highest BCUT2D eigenvalue weighted by atomic mass is 33.1. The van der Waals surface area contributed by atoms with Crippen molar-refractivity contribution in [2.75, 3.05) is 10.9 Å². The van der Waals surface area contributed by atoms with Crippen molar-refractivity contribution in [1.82, 2.24) is 0 Å². The van der Waals surface area contributed by atoms with E-state index < -0.39 is 0 Å². The maximum Gasteiger partial charge on any atom is 0.0970 e. The third-order valence-corrected chi connectivity index (χ3v) is 2.67. The van der Waals surface area contributed by atoms with Gasteiger partial charge in [0.25, 0.3) is 0 Å². The van der Waals surface area contributed by atoms with E-state index in [-0.39, 0.29) is 0 Å². The van der Waals surface area contributed by atoms with Crippen LogP contribution < -0.4 is 5.01 Å². The van der Waals surface area contributed by atoms with E-state index in [2.05, 4.69) is 35.0 Å². The first-order chi connectivity index (χ1) is 6.92. The lowest BCUT2D eigenvalue weighted by molar-refractivity contribution is 1.00. The van der Waals surface area contributed by atoms with E-state index in [1.165, 1.54) is 16.4 Å². The summed E-state index contributed by atoms with van der Waals surface area (Å²) in [6.07, 6.45) is 5.80. The Bertz CT molecular complexity index is 374. The average Bonchev–Trinajstić information content (AvgIpc) is 2.42. The van der Waals surface area contributed by atoms with Crippen LogP contribution in [0.3, 0.4) is 0 Å². The number of anilines is 1. The quantitative estimate of drug-likeness (QED) is 0.611. The molecule has 0 bridgehead atoms. The van der Waals surface area contributed by atoms with Gasteiger partial charge in [-0.25, -0.2) is 0 Å². The largest absolute Gasteiger partial charge is 0.254 e. The van der Waals surface area contributed by atoms with Gasteiger partial charge in [-0.3, -0.25) is 5.01 Å². The molecule has 2 nitrogen and oxygen atoms in total. The van der Waals surface area contributed by atoms with Crippen molar-refractivity contribution in [2.24, 2.45) is 5.10 Å².